The zero-order valence-corrected chi connectivity index (χ0v) is 10.0. The number of hydrogen-bond donors (Lipinski definition) is 1. The van der Waals surface area contributed by atoms with Crippen LogP contribution in [0, 0.1) is 5.92 Å². The second kappa shape index (κ2) is 5.35. The lowest BCUT2D eigenvalue weighted by Gasteiger charge is -2.21. The van der Waals surface area contributed by atoms with Crippen LogP contribution in [0.1, 0.15) is 25.3 Å². The number of aliphatic hydroxyl groups is 1. The number of aliphatic hydroxyl groups excluding tert-OH is 1. The van der Waals surface area contributed by atoms with E-state index in [1.807, 2.05) is 0 Å². The van der Waals surface area contributed by atoms with Crippen molar-refractivity contribution >= 4 is 5.69 Å². The van der Waals surface area contributed by atoms with Crippen LogP contribution in [0.3, 0.4) is 0 Å². The number of rotatable bonds is 4. The van der Waals surface area contributed by atoms with E-state index < -0.39 is 0 Å². The molecule has 2 heteroatoms. The highest BCUT2D eigenvalue weighted by atomic mass is 16.3. The second-order valence-corrected chi connectivity index (χ2v) is 4.60. The molecule has 1 atom stereocenters. The lowest BCUT2D eigenvalue weighted by atomic mass is 10.1. The van der Waals surface area contributed by atoms with Gasteiger partial charge in [-0.25, -0.2) is 0 Å². The predicted octanol–water partition coefficient (Wildman–Crippen LogP) is 2.46. The van der Waals surface area contributed by atoms with Crippen molar-refractivity contribution in [1.82, 2.24) is 0 Å². The first-order valence-electron chi connectivity index (χ1n) is 6.29. The van der Waals surface area contributed by atoms with Crippen LogP contribution < -0.4 is 4.90 Å². The fourth-order valence-electron chi connectivity index (χ4n) is 2.59. The molecule has 1 aromatic carbocycles. The van der Waals surface area contributed by atoms with Gasteiger partial charge < -0.3 is 10.0 Å². The lowest BCUT2D eigenvalue weighted by molar-refractivity contribution is 0.263. The van der Waals surface area contributed by atoms with Crippen molar-refractivity contribution < 1.29 is 5.11 Å². The molecular weight excluding hydrogens is 198 g/mol. The van der Waals surface area contributed by atoms with Crippen molar-refractivity contribution in [2.24, 2.45) is 5.92 Å². The normalized spacial score (nSPS) is 20.4. The molecule has 88 valence electrons. The van der Waals surface area contributed by atoms with Gasteiger partial charge in [0, 0.05) is 25.4 Å². The largest absolute Gasteiger partial charge is 0.396 e. The number of anilines is 1. The first kappa shape index (κ1) is 11.5. The van der Waals surface area contributed by atoms with E-state index in [0.717, 1.165) is 25.9 Å². The standard InChI is InChI=1S/C14H21NO/c1-2-13-5-3-4-6-14(13)15-9-7-12(11-15)8-10-16/h3-6,12,16H,2,7-11H2,1H3. The summed E-state index contributed by atoms with van der Waals surface area (Å²) in [5.41, 5.74) is 2.83. The van der Waals surface area contributed by atoms with Crippen molar-refractivity contribution in [2.75, 3.05) is 24.6 Å². The monoisotopic (exact) mass is 219 g/mol. The first-order valence-corrected chi connectivity index (χ1v) is 6.29. The molecule has 1 saturated heterocycles. The number of benzene rings is 1. The van der Waals surface area contributed by atoms with Crippen LogP contribution in [-0.4, -0.2) is 24.8 Å². The maximum atomic E-state index is 8.97. The molecule has 0 saturated carbocycles. The Bertz CT molecular complexity index is 337. The third kappa shape index (κ3) is 2.38. The fourth-order valence-corrected chi connectivity index (χ4v) is 2.59. The summed E-state index contributed by atoms with van der Waals surface area (Å²) < 4.78 is 0. The highest BCUT2D eigenvalue weighted by Crippen LogP contribution is 2.28. The van der Waals surface area contributed by atoms with Gasteiger partial charge >= 0.3 is 0 Å². The van der Waals surface area contributed by atoms with Gasteiger partial charge in [-0.15, -0.1) is 0 Å². The minimum Gasteiger partial charge on any atom is -0.396 e. The maximum Gasteiger partial charge on any atom is 0.0434 e. The Hall–Kier alpha value is -1.02. The molecule has 1 N–H and O–H groups in total. The molecular formula is C14H21NO. The van der Waals surface area contributed by atoms with E-state index in [0.29, 0.717) is 12.5 Å². The molecule has 1 heterocycles. The zero-order valence-electron chi connectivity index (χ0n) is 10.0. The molecule has 1 unspecified atom stereocenters. The van der Waals surface area contributed by atoms with Gasteiger partial charge in [0.15, 0.2) is 0 Å². The maximum absolute atomic E-state index is 8.97. The summed E-state index contributed by atoms with van der Waals surface area (Å²) in [7, 11) is 0. The minimum atomic E-state index is 0.327. The van der Waals surface area contributed by atoms with E-state index in [1.54, 1.807) is 0 Å². The molecule has 16 heavy (non-hydrogen) atoms. The average Bonchev–Trinajstić information content (AvgIpc) is 2.78. The summed E-state index contributed by atoms with van der Waals surface area (Å²) in [6.45, 7) is 4.79. The molecule has 2 rings (SSSR count). The molecule has 0 radical (unpaired) electrons. The second-order valence-electron chi connectivity index (χ2n) is 4.60. The van der Waals surface area contributed by atoms with Crippen molar-refractivity contribution in [3.05, 3.63) is 29.8 Å². The van der Waals surface area contributed by atoms with E-state index in [-0.39, 0.29) is 0 Å². The lowest BCUT2D eigenvalue weighted by Crippen LogP contribution is -2.21. The van der Waals surface area contributed by atoms with E-state index in [1.165, 1.54) is 17.7 Å². The Morgan fingerprint density at radius 3 is 2.94 bits per heavy atom. The molecule has 1 aliphatic heterocycles. The SMILES string of the molecule is CCc1ccccc1N1CCC(CCO)C1. The van der Waals surface area contributed by atoms with Gasteiger partial charge in [0.05, 0.1) is 0 Å². The highest BCUT2D eigenvalue weighted by molar-refractivity contribution is 5.54. The van der Waals surface area contributed by atoms with Crippen LogP contribution in [0.5, 0.6) is 0 Å². The summed E-state index contributed by atoms with van der Waals surface area (Å²) in [5, 5.41) is 8.97. The van der Waals surface area contributed by atoms with E-state index in [9.17, 15) is 0 Å². The smallest absolute Gasteiger partial charge is 0.0434 e. The quantitative estimate of drug-likeness (QED) is 0.841. The molecule has 2 nitrogen and oxygen atoms in total. The van der Waals surface area contributed by atoms with Gasteiger partial charge in [0.2, 0.25) is 0 Å². The third-order valence-corrected chi connectivity index (χ3v) is 3.54. The Balaban J connectivity index is 2.08. The van der Waals surface area contributed by atoms with Crippen molar-refractivity contribution in [3.8, 4) is 0 Å². The Labute approximate surface area is 97.9 Å². The molecule has 1 fully saturated rings. The summed E-state index contributed by atoms with van der Waals surface area (Å²) in [6, 6.07) is 8.67. The molecule has 1 aliphatic rings. The van der Waals surface area contributed by atoms with Gasteiger partial charge in [0.25, 0.3) is 0 Å². The van der Waals surface area contributed by atoms with Crippen molar-refractivity contribution in [2.45, 2.75) is 26.2 Å². The Morgan fingerprint density at radius 2 is 2.19 bits per heavy atom. The molecule has 0 amide bonds. The zero-order chi connectivity index (χ0) is 11.4. The van der Waals surface area contributed by atoms with Crippen molar-refractivity contribution in [3.63, 3.8) is 0 Å². The number of hydrogen-bond acceptors (Lipinski definition) is 2. The fraction of sp³-hybridized carbons (Fsp3) is 0.571. The molecule has 0 bridgehead atoms. The number of para-hydroxylation sites is 1. The number of aryl methyl sites for hydroxylation is 1. The Morgan fingerprint density at radius 1 is 1.38 bits per heavy atom. The number of nitrogens with zero attached hydrogens (tertiary/aromatic N) is 1. The van der Waals surface area contributed by atoms with E-state index in [4.69, 9.17) is 5.11 Å². The van der Waals surface area contributed by atoms with Crippen LogP contribution >= 0.6 is 0 Å². The van der Waals surface area contributed by atoms with Gasteiger partial charge in [-0.3, -0.25) is 0 Å². The van der Waals surface area contributed by atoms with Crippen LogP contribution in [0.2, 0.25) is 0 Å². The molecule has 0 aromatic heterocycles. The van der Waals surface area contributed by atoms with Crippen LogP contribution in [0.15, 0.2) is 24.3 Å². The predicted molar refractivity (Wildman–Crippen MR) is 67.8 cm³/mol. The average molecular weight is 219 g/mol. The minimum absolute atomic E-state index is 0.327. The molecule has 1 aromatic rings. The summed E-state index contributed by atoms with van der Waals surface area (Å²) in [6.07, 6.45) is 3.26. The van der Waals surface area contributed by atoms with Gasteiger partial charge in [-0.05, 0) is 36.8 Å². The molecule has 0 spiro atoms. The summed E-state index contributed by atoms with van der Waals surface area (Å²) in [4.78, 5) is 2.47. The summed E-state index contributed by atoms with van der Waals surface area (Å²) in [5.74, 6) is 0.676. The Kier molecular flexibility index (Phi) is 3.83. The van der Waals surface area contributed by atoms with Crippen LogP contribution in [0.4, 0.5) is 5.69 Å². The third-order valence-electron chi connectivity index (χ3n) is 3.54. The van der Waals surface area contributed by atoms with Gasteiger partial charge in [0.1, 0.15) is 0 Å². The molecule has 0 aliphatic carbocycles. The van der Waals surface area contributed by atoms with Gasteiger partial charge in [-0.2, -0.15) is 0 Å². The van der Waals surface area contributed by atoms with E-state index in [2.05, 4.69) is 36.1 Å². The summed E-state index contributed by atoms with van der Waals surface area (Å²) >= 11 is 0. The first-order chi connectivity index (χ1) is 7.85. The van der Waals surface area contributed by atoms with Crippen LogP contribution in [0.25, 0.3) is 0 Å². The topological polar surface area (TPSA) is 23.5 Å². The highest BCUT2D eigenvalue weighted by Gasteiger charge is 2.23. The van der Waals surface area contributed by atoms with Crippen molar-refractivity contribution in [1.29, 1.82) is 0 Å². The van der Waals surface area contributed by atoms with Gasteiger partial charge in [-0.1, -0.05) is 25.1 Å². The van der Waals surface area contributed by atoms with Crippen LogP contribution in [-0.2, 0) is 6.42 Å². The van der Waals surface area contributed by atoms with E-state index >= 15 is 0 Å².